The van der Waals surface area contributed by atoms with E-state index in [1.165, 1.54) is 23.9 Å². The quantitative estimate of drug-likeness (QED) is 0.683. The third kappa shape index (κ3) is 2.86. The van der Waals surface area contributed by atoms with Crippen molar-refractivity contribution in [2.45, 2.75) is 17.4 Å². The van der Waals surface area contributed by atoms with Gasteiger partial charge in [-0.05, 0) is 42.0 Å². The molecule has 0 spiro atoms. The van der Waals surface area contributed by atoms with Gasteiger partial charge in [0.2, 0.25) is 0 Å². The topological polar surface area (TPSA) is 35.2 Å². The number of rotatable bonds is 3. The van der Waals surface area contributed by atoms with Gasteiger partial charge in [0.05, 0.1) is 0 Å². The first-order valence-electron chi connectivity index (χ1n) is 6.25. The molecule has 0 saturated heterocycles. The molecule has 0 radical (unpaired) electrons. The number of thioether (sulfide) groups is 1. The van der Waals surface area contributed by atoms with E-state index in [1.54, 1.807) is 6.07 Å². The lowest BCUT2D eigenvalue weighted by molar-refractivity contribution is 0.259. The van der Waals surface area contributed by atoms with Crippen LogP contribution in [0, 0.1) is 5.82 Å². The van der Waals surface area contributed by atoms with Crippen molar-refractivity contribution in [3.8, 4) is 5.75 Å². The van der Waals surface area contributed by atoms with Crippen molar-refractivity contribution in [2.24, 2.45) is 0 Å². The molecule has 20 heavy (non-hydrogen) atoms. The van der Waals surface area contributed by atoms with Crippen LogP contribution in [-0.2, 0) is 6.42 Å². The van der Waals surface area contributed by atoms with E-state index in [9.17, 15) is 4.39 Å². The smallest absolute Gasteiger partial charge is 0.124 e. The fraction of sp³-hybridized carbons (Fsp3) is 0.200. The lowest BCUT2D eigenvalue weighted by Gasteiger charge is -2.11. The Hall–Kier alpha value is -1.39. The normalized spacial score (nSPS) is 16.8. The van der Waals surface area contributed by atoms with Gasteiger partial charge in [0.15, 0.2) is 0 Å². The van der Waals surface area contributed by atoms with E-state index in [4.69, 9.17) is 22.1 Å². The molecule has 0 aliphatic carbocycles. The van der Waals surface area contributed by atoms with Crippen LogP contribution in [-0.4, -0.2) is 11.9 Å². The molecule has 2 aromatic rings. The lowest BCUT2D eigenvalue weighted by atomic mass is 10.1. The Morgan fingerprint density at radius 3 is 3.00 bits per heavy atom. The van der Waals surface area contributed by atoms with Gasteiger partial charge in [-0.2, -0.15) is 0 Å². The fourth-order valence-electron chi connectivity index (χ4n) is 2.20. The van der Waals surface area contributed by atoms with Crippen LogP contribution in [0.15, 0.2) is 41.3 Å². The summed E-state index contributed by atoms with van der Waals surface area (Å²) in [6, 6.07) is 10.0. The van der Waals surface area contributed by atoms with Crippen LogP contribution in [0.5, 0.6) is 5.75 Å². The van der Waals surface area contributed by atoms with E-state index in [2.05, 4.69) is 0 Å². The summed E-state index contributed by atoms with van der Waals surface area (Å²) in [6.45, 7) is 0. The van der Waals surface area contributed by atoms with E-state index >= 15 is 0 Å². The maximum absolute atomic E-state index is 13.2. The Labute approximate surface area is 126 Å². The number of fused-ring (bicyclic) bond motifs is 1. The zero-order chi connectivity index (χ0) is 14.1. The summed E-state index contributed by atoms with van der Waals surface area (Å²) in [5.41, 5.74) is 7.55. The van der Waals surface area contributed by atoms with Gasteiger partial charge < -0.3 is 10.5 Å². The number of hydrogen-bond donors (Lipinski definition) is 1. The van der Waals surface area contributed by atoms with Gasteiger partial charge in [-0.1, -0.05) is 11.6 Å². The first-order chi connectivity index (χ1) is 9.61. The molecule has 104 valence electrons. The first-order valence-corrected chi connectivity index (χ1v) is 7.61. The van der Waals surface area contributed by atoms with Crippen molar-refractivity contribution in [3.63, 3.8) is 0 Å². The standard InChI is InChI=1S/C15H13ClFNOS/c16-10-1-4-14-9(5-10)6-12(19-14)8-20-15-7-11(17)2-3-13(15)18/h1-5,7,12H,6,8,18H2. The minimum absolute atomic E-state index is 0.0659. The molecule has 3 rings (SSSR count). The van der Waals surface area contributed by atoms with Crippen molar-refractivity contribution in [1.82, 2.24) is 0 Å². The molecule has 1 heterocycles. The average Bonchev–Trinajstić information content (AvgIpc) is 2.81. The van der Waals surface area contributed by atoms with Crippen LogP contribution >= 0.6 is 23.4 Å². The van der Waals surface area contributed by atoms with Crippen molar-refractivity contribution in [3.05, 3.63) is 52.8 Å². The van der Waals surface area contributed by atoms with Gasteiger partial charge in [-0.3, -0.25) is 0 Å². The molecule has 1 atom stereocenters. The second-order valence-electron chi connectivity index (χ2n) is 4.69. The van der Waals surface area contributed by atoms with E-state index in [0.717, 1.165) is 33.4 Å². The lowest BCUT2D eigenvalue weighted by Crippen LogP contribution is -2.15. The molecule has 1 unspecified atom stereocenters. The predicted octanol–water partition coefficient (Wildman–Crippen LogP) is 4.16. The Kier molecular flexibility index (Phi) is 3.76. The Balaban J connectivity index is 1.65. The van der Waals surface area contributed by atoms with Crippen LogP contribution < -0.4 is 10.5 Å². The Bertz CT molecular complexity index is 650. The highest BCUT2D eigenvalue weighted by molar-refractivity contribution is 7.99. The monoisotopic (exact) mass is 309 g/mol. The molecule has 0 fully saturated rings. The van der Waals surface area contributed by atoms with Crippen molar-refractivity contribution < 1.29 is 9.13 Å². The van der Waals surface area contributed by atoms with Gasteiger partial charge in [0, 0.05) is 27.8 Å². The van der Waals surface area contributed by atoms with Gasteiger partial charge in [0.25, 0.3) is 0 Å². The molecule has 1 aliphatic rings. The number of nitrogens with two attached hydrogens (primary N) is 1. The number of benzene rings is 2. The summed E-state index contributed by atoms with van der Waals surface area (Å²) >= 11 is 7.47. The average molecular weight is 310 g/mol. The van der Waals surface area contributed by atoms with E-state index in [0.29, 0.717) is 5.69 Å². The number of anilines is 1. The molecule has 2 N–H and O–H groups in total. The Morgan fingerprint density at radius 1 is 1.30 bits per heavy atom. The van der Waals surface area contributed by atoms with E-state index in [1.807, 2.05) is 18.2 Å². The van der Waals surface area contributed by atoms with Gasteiger partial charge in [-0.25, -0.2) is 4.39 Å². The van der Waals surface area contributed by atoms with Crippen LogP contribution in [0.25, 0.3) is 0 Å². The Morgan fingerprint density at radius 2 is 2.15 bits per heavy atom. The number of hydrogen-bond acceptors (Lipinski definition) is 3. The number of ether oxygens (including phenoxy) is 1. The van der Waals surface area contributed by atoms with Gasteiger partial charge >= 0.3 is 0 Å². The van der Waals surface area contributed by atoms with Crippen molar-refractivity contribution in [1.29, 1.82) is 0 Å². The molecular formula is C15H13ClFNOS. The van der Waals surface area contributed by atoms with Crippen LogP contribution in [0.3, 0.4) is 0 Å². The summed E-state index contributed by atoms with van der Waals surface area (Å²) in [5, 5.41) is 0.718. The van der Waals surface area contributed by atoms with Crippen LogP contribution in [0.1, 0.15) is 5.56 Å². The molecule has 5 heteroatoms. The minimum atomic E-state index is -0.274. The fourth-order valence-corrected chi connectivity index (χ4v) is 3.37. The molecule has 0 aromatic heterocycles. The highest BCUT2D eigenvalue weighted by atomic mass is 35.5. The molecule has 0 amide bonds. The highest BCUT2D eigenvalue weighted by Gasteiger charge is 2.23. The second kappa shape index (κ2) is 5.54. The van der Waals surface area contributed by atoms with E-state index < -0.39 is 0 Å². The molecule has 0 bridgehead atoms. The molecular weight excluding hydrogens is 297 g/mol. The highest BCUT2D eigenvalue weighted by Crippen LogP contribution is 2.34. The largest absolute Gasteiger partial charge is 0.489 e. The SMILES string of the molecule is Nc1ccc(F)cc1SCC1Cc2cc(Cl)ccc2O1. The minimum Gasteiger partial charge on any atom is -0.489 e. The zero-order valence-corrected chi connectivity index (χ0v) is 12.2. The summed E-state index contributed by atoms with van der Waals surface area (Å²) in [7, 11) is 0. The summed E-state index contributed by atoms with van der Waals surface area (Å²) in [6.07, 6.45) is 0.883. The molecule has 0 saturated carbocycles. The first kappa shape index (κ1) is 13.6. The third-order valence-electron chi connectivity index (χ3n) is 3.16. The van der Waals surface area contributed by atoms with Crippen LogP contribution in [0.2, 0.25) is 5.02 Å². The van der Waals surface area contributed by atoms with Gasteiger partial charge in [0.1, 0.15) is 17.7 Å². The van der Waals surface area contributed by atoms with Crippen LogP contribution in [0.4, 0.5) is 10.1 Å². The molecule has 1 aliphatic heterocycles. The molecule has 2 aromatic carbocycles. The number of nitrogen functional groups attached to an aromatic ring is 1. The third-order valence-corrected chi connectivity index (χ3v) is 4.60. The number of halogens is 2. The second-order valence-corrected chi connectivity index (χ2v) is 6.19. The predicted molar refractivity (Wildman–Crippen MR) is 81.1 cm³/mol. The molecule has 2 nitrogen and oxygen atoms in total. The van der Waals surface area contributed by atoms with E-state index in [-0.39, 0.29) is 11.9 Å². The van der Waals surface area contributed by atoms with Crippen molar-refractivity contribution in [2.75, 3.05) is 11.5 Å². The zero-order valence-electron chi connectivity index (χ0n) is 10.6. The maximum Gasteiger partial charge on any atom is 0.124 e. The summed E-state index contributed by atoms with van der Waals surface area (Å²) in [5.74, 6) is 1.33. The maximum atomic E-state index is 13.2. The van der Waals surface area contributed by atoms with Gasteiger partial charge in [-0.15, -0.1) is 11.8 Å². The van der Waals surface area contributed by atoms with Crippen molar-refractivity contribution >= 4 is 29.1 Å². The summed E-state index contributed by atoms with van der Waals surface area (Å²) in [4.78, 5) is 0.752. The summed E-state index contributed by atoms with van der Waals surface area (Å²) < 4.78 is 19.0.